The fourth-order valence-electron chi connectivity index (χ4n) is 1.85. The summed E-state index contributed by atoms with van der Waals surface area (Å²) in [5, 5.41) is 0. The van der Waals surface area contributed by atoms with Crippen molar-refractivity contribution in [3.05, 3.63) is 65.5 Å². The molecule has 0 radical (unpaired) electrons. The largest absolute Gasteiger partial charge is 0.399 e. The van der Waals surface area contributed by atoms with Crippen molar-refractivity contribution >= 4 is 11.6 Å². The molecule has 0 spiro atoms. The summed E-state index contributed by atoms with van der Waals surface area (Å²) in [5.41, 5.74) is 7.78. The molecular formula is C15H15FN2O. The molecule has 0 unspecified atom stereocenters. The highest BCUT2D eigenvalue weighted by atomic mass is 19.1. The Hall–Kier alpha value is -2.36. The molecule has 3 nitrogen and oxygen atoms in total. The fourth-order valence-corrected chi connectivity index (χ4v) is 1.85. The molecule has 2 N–H and O–H groups in total. The minimum absolute atomic E-state index is 0.151. The van der Waals surface area contributed by atoms with Gasteiger partial charge in [0.2, 0.25) is 0 Å². The first kappa shape index (κ1) is 13.1. The highest BCUT2D eigenvalue weighted by Crippen LogP contribution is 2.11. The van der Waals surface area contributed by atoms with Gasteiger partial charge in [-0.25, -0.2) is 4.39 Å². The maximum Gasteiger partial charge on any atom is 0.253 e. The van der Waals surface area contributed by atoms with Gasteiger partial charge in [0.1, 0.15) is 5.82 Å². The monoisotopic (exact) mass is 258 g/mol. The third-order valence-electron chi connectivity index (χ3n) is 2.81. The van der Waals surface area contributed by atoms with Gasteiger partial charge in [0.25, 0.3) is 5.91 Å². The zero-order valence-corrected chi connectivity index (χ0v) is 10.6. The van der Waals surface area contributed by atoms with Crippen LogP contribution in [0.3, 0.4) is 0 Å². The van der Waals surface area contributed by atoms with Gasteiger partial charge in [-0.05, 0) is 42.0 Å². The third kappa shape index (κ3) is 3.31. The van der Waals surface area contributed by atoms with Crippen molar-refractivity contribution in [3.63, 3.8) is 0 Å². The van der Waals surface area contributed by atoms with Crippen LogP contribution in [0.5, 0.6) is 0 Å². The topological polar surface area (TPSA) is 46.3 Å². The van der Waals surface area contributed by atoms with Crippen LogP contribution in [0, 0.1) is 5.82 Å². The second-order valence-electron chi connectivity index (χ2n) is 4.41. The maximum atomic E-state index is 12.8. The Morgan fingerprint density at radius 1 is 1.21 bits per heavy atom. The van der Waals surface area contributed by atoms with Gasteiger partial charge in [0, 0.05) is 24.8 Å². The van der Waals surface area contributed by atoms with Crippen LogP contribution in [-0.4, -0.2) is 17.9 Å². The van der Waals surface area contributed by atoms with Crippen molar-refractivity contribution in [2.75, 3.05) is 12.8 Å². The van der Waals surface area contributed by atoms with Gasteiger partial charge >= 0.3 is 0 Å². The summed E-state index contributed by atoms with van der Waals surface area (Å²) < 4.78 is 12.8. The lowest BCUT2D eigenvalue weighted by molar-refractivity contribution is 0.0785. The van der Waals surface area contributed by atoms with Crippen LogP contribution in [0.2, 0.25) is 0 Å². The molecule has 0 aliphatic carbocycles. The second-order valence-corrected chi connectivity index (χ2v) is 4.41. The van der Waals surface area contributed by atoms with E-state index >= 15 is 0 Å². The van der Waals surface area contributed by atoms with E-state index in [9.17, 15) is 9.18 Å². The van der Waals surface area contributed by atoms with E-state index in [1.807, 2.05) is 18.2 Å². The number of hydrogen-bond donors (Lipinski definition) is 1. The van der Waals surface area contributed by atoms with E-state index < -0.39 is 0 Å². The first-order valence-corrected chi connectivity index (χ1v) is 5.92. The number of hydrogen-bond acceptors (Lipinski definition) is 2. The van der Waals surface area contributed by atoms with Gasteiger partial charge in [0.15, 0.2) is 0 Å². The molecule has 0 heterocycles. The zero-order chi connectivity index (χ0) is 13.8. The molecule has 2 aromatic carbocycles. The Balaban J connectivity index is 2.09. The summed E-state index contributed by atoms with van der Waals surface area (Å²) in [5.74, 6) is -0.502. The fraction of sp³-hybridized carbons (Fsp3) is 0.133. The van der Waals surface area contributed by atoms with E-state index in [-0.39, 0.29) is 11.7 Å². The Labute approximate surface area is 111 Å². The average molecular weight is 258 g/mol. The summed E-state index contributed by atoms with van der Waals surface area (Å²) in [6.45, 7) is 0.460. The van der Waals surface area contributed by atoms with Crippen LogP contribution >= 0.6 is 0 Å². The number of rotatable bonds is 3. The molecule has 2 aromatic rings. The molecule has 0 aromatic heterocycles. The van der Waals surface area contributed by atoms with Crippen LogP contribution in [0.15, 0.2) is 48.5 Å². The Kier molecular flexibility index (Phi) is 3.80. The lowest BCUT2D eigenvalue weighted by atomic mass is 10.1. The number of amides is 1. The van der Waals surface area contributed by atoms with E-state index in [2.05, 4.69) is 0 Å². The van der Waals surface area contributed by atoms with E-state index in [1.54, 1.807) is 18.0 Å². The third-order valence-corrected chi connectivity index (χ3v) is 2.81. The smallest absolute Gasteiger partial charge is 0.253 e. The Bertz CT molecular complexity index is 581. The standard InChI is InChI=1S/C15H15FN2O/c1-18(10-11-3-2-4-14(17)9-11)15(19)12-5-7-13(16)8-6-12/h2-9H,10,17H2,1H3. The van der Waals surface area contributed by atoms with Crippen LogP contribution in [0.1, 0.15) is 15.9 Å². The Morgan fingerprint density at radius 3 is 2.53 bits per heavy atom. The summed E-state index contributed by atoms with van der Waals surface area (Å²) >= 11 is 0. The van der Waals surface area contributed by atoms with E-state index in [0.29, 0.717) is 17.8 Å². The predicted molar refractivity (Wildman–Crippen MR) is 73.1 cm³/mol. The quantitative estimate of drug-likeness (QED) is 0.860. The minimum Gasteiger partial charge on any atom is -0.399 e. The highest BCUT2D eigenvalue weighted by Gasteiger charge is 2.11. The maximum absolute atomic E-state index is 12.8. The van der Waals surface area contributed by atoms with Crippen molar-refractivity contribution in [2.24, 2.45) is 0 Å². The van der Waals surface area contributed by atoms with Crippen molar-refractivity contribution in [1.82, 2.24) is 4.90 Å². The second kappa shape index (κ2) is 5.52. The predicted octanol–water partition coefficient (Wildman–Crippen LogP) is 2.68. The lowest BCUT2D eigenvalue weighted by Gasteiger charge is -2.17. The van der Waals surface area contributed by atoms with Crippen molar-refractivity contribution in [3.8, 4) is 0 Å². The van der Waals surface area contributed by atoms with Crippen LogP contribution in [0.4, 0.5) is 10.1 Å². The first-order valence-electron chi connectivity index (χ1n) is 5.92. The van der Waals surface area contributed by atoms with Gasteiger partial charge < -0.3 is 10.6 Å². The summed E-state index contributed by atoms with van der Waals surface area (Å²) in [4.78, 5) is 13.7. The molecule has 0 aliphatic heterocycles. The lowest BCUT2D eigenvalue weighted by Crippen LogP contribution is -2.26. The molecule has 0 fully saturated rings. The van der Waals surface area contributed by atoms with Gasteiger partial charge in [-0.2, -0.15) is 0 Å². The molecule has 0 aliphatic rings. The Morgan fingerprint density at radius 2 is 1.89 bits per heavy atom. The summed E-state index contributed by atoms with van der Waals surface area (Å²) in [7, 11) is 1.70. The van der Waals surface area contributed by atoms with Crippen molar-refractivity contribution in [2.45, 2.75) is 6.54 Å². The van der Waals surface area contributed by atoms with Gasteiger partial charge in [-0.1, -0.05) is 12.1 Å². The summed E-state index contributed by atoms with van der Waals surface area (Å²) in [6, 6.07) is 12.9. The molecule has 0 atom stereocenters. The molecule has 0 bridgehead atoms. The van der Waals surface area contributed by atoms with E-state index in [1.165, 1.54) is 24.3 Å². The molecule has 0 saturated heterocycles. The van der Waals surface area contributed by atoms with E-state index in [0.717, 1.165) is 5.56 Å². The van der Waals surface area contributed by atoms with Gasteiger partial charge in [0.05, 0.1) is 0 Å². The first-order chi connectivity index (χ1) is 9.06. The number of carbonyl (C=O) groups excluding carboxylic acids is 1. The zero-order valence-electron chi connectivity index (χ0n) is 10.6. The molecule has 2 rings (SSSR count). The van der Waals surface area contributed by atoms with Crippen LogP contribution < -0.4 is 5.73 Å². The van der Waals surface area contributed by atoms with Crippen LogP contribution in [-0.2, 0) is 6.54 Å². The number of nitrogens with zero attached hydrogens (tertiary/aromatic N) is 1. The normalized spacial score (nSPS) is 10.2. The minimum atomic E-state index is -0.352. The summed E-state index contributed by atoms with van der Waals surface area (Å²) in [6.07, 6.45) is 0. The SMILES string of the molecule is CN(Cc1cccc(N)c1)C(=O)c1ccc(F)cc1. The number of benzene rings is 2. The number of carbonyl (C=O) groups is 1. The molecule has 98 valence electrons. The molecular weight excluding hydrogens is 243 g/mol. The van der Waals surface area contributed by atoms with Crippen molar-refractivity contribution < 1.29 is 9.18 Å². The number of nitrogens with two attached hydrogens (primary N) is 1. The molecule has 0 saturated carbocycles. The van der Waals surface area contributed by atoms with Gasteiger partial charge in [-0.15, -0.1) is 0 Å². The molecule has 19 heavy (non-hydrogen) atoms. The van der Waals surface area contributed by atoms with E-state index in [4.69, 9.17) is 5.73 Å². The molecule has 1 amide bonds. The number of halogens is 1. The van der Waals surface area contributed by atoms with Crippen LogP contribution in [0.25, 0.3) is 0 Å². The highest BCUT2D eigenvalue weighted by molar-refractivity contribution is 5.93. The average Bonchev–Trinajstić information content (AvgIpc) is 2.39. The van der Waals surface area contributed by atoms with Crippen molar-refractivity contribution in [1.29, 1.82) is 0 Å². The number of anilines is 1. The number of nitrogen functional groups attached to an aromatic ring is 1. The molecule has 4 heteroatoms. The van der Waals surface area contributed by atoms with Gasteiger partial charge in [-0.3, -0.25) is 4.79 Å².